The van der Waals surface area contributed by atoms with E-state index in [9.17, 15) is 9.18 Å². The van der Waals surface area contributed by atoms with Crippen LogP contribution in [-0.2, 0) is 11.2 Å². The number of nitrogens with two attached hydrogens (primary N) is 1. The van der Waals surface area contributed by atoms with Gasteiger partial charge in [-0.05, 0) is 24.1 Å². The van der Waals surface area contributed by atoms with Crippen molar-refractivity contribution in [3.05, 3.63) is 35.1 Å². The Kier molecular flexibility index (Phi) is 3.47. The van der Waals surface area contributed by atoms with E-state index in [1.807, 2.05) is 0 Å². The normalized spacial score (nSPS) is 12.5. The molecule has 1 aromatic rings. The van der Waals surface area contributed by atoms with Crippen LogP contribution in [0.25, 0.3) is 0 Å². The third-order valence-corrected chi connectivity index (χ3v) is 2.41. The summed E-state index contributed by atoms with van der Waals surface area (Å²) in [4.78, 5) is 10.7. The van der Waals surface area contributed by atoms with Gasteiger partial charge in [-0.2, -0.15) is 0 Å². The number of alkyl halides is 1. The molecule has 0 aliphatic carbocycles. The van der Waals surface area contributed by atoms with Crippen LogP contribution in [-0.4, -0.2) is 11.3 Å². The maximum atomic E-state index is 13.3. The van der Waals surface area contributed by atoms with Crippen molar-refractivity contribution < 1.29 is 9.18 Å². The minimum absolute atomic E-state index is 0.134. The van der Waals surface area contributed by atoms with Crippen LogP contribution in [0.2, 0.25) is 0 Å². The number of halogens is 2. The lowest BCUT2D eigenvalue weighted by Crippen LogP contribution is -2.26. The fourth-order valence-corrected chi connectivity index (χ4v) is 1.36. The molecule has 1 amide bonds. The summed E-state index contributed by atoms with van der Waals surface area (Å²) >= 11 is 5.65. The average Bonchev–Trinajstić information content (AvgIpc) is 2.11. The van der Waals surface area contributed by atoms with E-state index >= 15 is 0 Å². The Morgan fingerprint density at radius 3 is 2.79 bits per heavy atom. The number of benzene rings is 1. The molecule has 14 heavy (non-hydrogen) atoms. The lowest BCUT2D eigenvalue weighted by Gasteiger charge is -2.09. The van der Waals surface area contributed by atoms with Crippen LogP contribution < -0.4 is 5.73 Å². The first-order valence-corrected chi connectivity index (χ1v) is 4.63. The second kappa shape index (κ2) is 4.42. The first kappa shape index (κ1) is 11.0. The molecular formula is C10H11ClFNO. The highest BCUT2D eigenvalue weighted by Gasteiger charge is 2.15. The number of aryl methyl sites for hydroxylation is 1. The van der Waals surface area contributed by atoms with Gasteiger partial charge in [0.2, 0.25) is 5.91 Å². The summed E-state index contributed by atoms with van der Waals surface area (Å²) in [7, 11) is 0. The Hall–Kier alpha value is -1.09. The van der Waals surface area contributed by atoms with E-state index in [1.54, 1.807) is 19.1 Å². The van der Waals surface area contributed by atoms with Crippen molar-refractivity contribution in [1.29, 1.82) is 0 Å². The average molecular weight is 216 g/mol. The fourth-order valence-electron chi connectivity index (χ4n) is 1.20. The predicted molar refractivity (Wildman–Crippen MR) is 53.7 cm³/mol. The maximum Gasteiger partial charge on any atom is 0.235 e. The van der Waals surface area contributed by atoms with Crippen LogP contribution in [0.15, 0.2) is 18.2 Å². The summed E-state index contributed by atoms with van der Waals surface area (Å²) < 4.78 is 13.3. The minimum Gasteiger partial charge on any atom is -0.368 e. The molecule has 0 saturated heterocycles. The van der Waals surface area contributed by atoms with Gasteiger partial charge in [0, 0.05) is 6.42 Å². The molecule has 1 atom stereocenters. The van der Waals surface area contributed by atoms with Gasteiger partial charge in [0.05, 0.1) is 0 Å². The summed E-state index contributed by atoms with van der Waals surface area (Å²) in [6, 6.07) is 4.72. The molecule has 76 valence electrons. The van der Waals surface area contributed by atoms with Gasteiger partial charge in [-0.1, -0.05) is 12.1 Å². The van der Waals surface area contributed by atoms with E-state index < -0.39 is 11.3 Å². The Morgan fingerprint density at radius 1 is 1.64 bits per heavy atom. The highest BCUT2D eigenvalue weighted by atomic mass is 35.5. The number of carbonyl (C=O) groups excluding carboxylic acids is 1. The number of amides is 1. The van der Waals surface area contributed by atoms with E-state index in [4.69, 9.17) is 17.3 Å². The number of primary amides is 1. The first-order valence-electron chi connectivity index (χ1n) is 4.19. The molecule has 0 bridgehead atoms. The second-order valence-corrected chi connectivity index (χ2v) is 3.64. The highest BCUT2D eigenvalue weighted by Crippen LogP contribution is 2.16. The highest BCUT2D eigenvalue weighted by molar-refractivity contribution is 6.30. The molecule has 0 radical (unpaired) electrons. The Labute approximate surface area is 86.9 Å². The van der Waals surface area contributed by atoms with E-state index in [-0.39, 0.29) is 12.2 Å². The van der Waals surface area contributed by atoms with E-state index in [2.05, 4.69) is 0 Å². The van der Waals surface area contributed by atoms with E-state index in [0.29, 0.717) is 5.56 Å². The van der Waals surface area contributed by atoms with Crippen molar-refractivity contribution in [3.63, 3.8) is 0 Å². The number of carbonyl (C=O) groups is 1. The van der Waals surface area contributed by atoms with Gasteiger partial charge in [0.25, 0.3) is 0 Å². The summed E-state index contributed by atoms with van der Waals surface area (Å²) in [6.07, 6.45) is 0.134. The van der Waals surface area contributed by atoms with Crippen molar-refractivity contribution in [2.24, 2.45) is 5.73 Å². The Morgan fingerprint density at radius 2 is 2.29 bits per heavy atom. The molecule has 2 nitrogen and oxygen atoms in total. The molecule has 0 heterocycles. The number of rotatable bonds is 3. The van der Waals surface area contributed by atoms with Crippen LogP contribution >= 0.6 is 11.6 Å². The largest absolute Gasteiger partial charge is 0.368 e. The molecule has 0 saturated carbocycles. The SMILES string of the molecule is Cc1cccc(F)c1CC(Cl)C(N)=O. The van der Waals surface area contributed by atoms with Gasteiger partial charge in [0.15, 0.2) is 0 Å². The standard InChI is InChI=1S/C10H11ClFNO/c1-6-3-2-4-9(12)7(6)5-8(11)10(13)14/h2-4,8H,5H2,1H3,(H2,13,14). The molecule has 1 aromatic carbocycles. The summed E-state index contributed by atoms with van der Waals surface area (Å²) in [5.74, 6) is -0.980. The minimum atomic E-state index is -0.856. The second-order valence-electron chi connectivity index (χ2n) is 3.11. The molecule has 0 aromatic heterocycles. The van der Waals surface area contributed by atoms with E-state index in [0.717, 1.165) is 5.56 Å². The van der Waals surface area contributed by atoms with Crippen LogP contribution in [0.5, 0.6) is 0 Å². The molecule has 0 aliphatic rings. The molecule has 4 heteroatoms. The lowest BCUT2D eigenvalue weighted by atomic mass is 10.0. The van der Waals surface area contributed by atoms with Gasteiger partial charge >= 0.3 is 0 Å². The Balaban J connectivity index is 2.91. The number of hydrogen-bond donors (Lipinski definition) is 1. The lowest BCUT2D eigenvalue weighted by molar-refractivity contribution is -0.117. The monoisotopic (exact) mass is 215 g/mol. The quantitative estimate of drug-likeness (QED) is 0.768. The zero-order valence-electron chi connectivity index (χ0n) is 7.76. The van der Waals surface area contributed by atoms with Crippen LogP contribution in [0.1, 0.15) is 11.1 Å². The van der Waals surface area contributed by atoms with Crippen molar-refractivity contribution in [1.82, 2.24) is 0 Å². The fraction of sp³-hybridized carbons (Fsp3) is 0.300. The van der Waals surface area contributed by atoms with Crippen molar-refractivity contribution in [2.75, 3.05) is 0 Å². The van der Waals surface area contributed by atoms with Crippen molar-refractivity contribution in [3.8, 4) is 0 Å². The molecule has 1 unspecified atom stereocenters. The zero-order valence-corrected chi connectivity index (χ0v) is 8.51. The zero-order chi connectivity index (χ0) is 10.7. The number of hydrogen-bond acceptors (Lipinski definition) is 1. The molecule has 2 N–H and O–H groups in total. The summed E-state index contributed by atoms with van der Waals surface area (Å²) in [6.45, 7) is 1.77. The summed E-state index contributed by atoms with van der Waals surface area (Å²) in [5.41, 5.74) is 6.22. The molecule has 1 rings (SSSR count). The third kappa shape index (κ3) is 2.45. The van der Waals surface area contributed by atoms with Crippen LogP contribution in [0.3, 0.4) is 0 Å². The Bertz CT molecular complexity index is 334. The van der Waals surface area contributed by atoms with Gasteiger partial charge in [-0.15, -0.1) is 11.6 Å². The molecular weight excluding hydrogens is 205 g/mol. The maximum absolute atomic E-state index is 13.3. The van der Waals surface area contributed by atoms with Crippen molar-refractivity contribution >= 4 is 17.5 Å². The topological polar surface area (TPSA) is 43.1 Å². The molecule has 0 aliphatic heterocycles. The predicted octanol–water partition coefficient (Wildman–Crippen LogP) is 1.77. The van der Waals surface area contributed by atoms with E-state index in [1.165, 1.54) is 6.07 Å². The molecule has 0 spiro atoms. The van der Waals surface area contributed by atoms with Crippen LogP contribution in [0, 0.1) is 12.7 Å². The summed E-state index contributed by atoms with van der Waals surface area (Å²) in [5, 5.41) is -0.856. The van der Waals surface area contributed by atoms with Gasteiger partial charge < -0.3 is 5.73 Å². The third-order valence-electron chi connectivity index (χ3n) is 2.05. The van der Waals surface area contributed by atoms with Gasteiger partial charge in [0.1, 0.15) is 11.2 Å². The van der Waals surface area contributed by atoms with Gasteiger partial charge in [-0.25, -0.2) is 4.39 Å². The molecule has 0 fully saturated rings. The van der Waals surface area contributed by atoms with Crippen LogP contribution in [0.4, 0.5) is 4.39 Å². The first-order chi connectivity index (χ1) is 6.52. The van der Waals surface area contributed by atoms with Crippen molar-refractivity contribution in [2.45, 2.75) is 18.7 Å². The smallest absolute Gasteiger partial charge is 0.235 e. The van der Waals surface area contributed by atoms with Gasteiger partial charge in [-0.3, -0.25) is 4.79 Å².